The summed E-state index contributed by atoms with van der Waals surface area (Å²) in [5, 5.41) is 13.8. The number of carbonyl (C=O) groups excluding carboxylic acids is 1. The number of halogens is 2. The van der Waals surface area contributed by atoms with Gasteiger partial charge >= 0.3 is 0 Å². The van der Waals surface area contributed by atoms with Crippen molar-refractivity contribution in [2.75, 3.05) is 13.4 Å². The fourth-order valence-corrected chi connectivity index (χ4v) is 2.91. The largest absolute Gasteiger partial charge is 0.495 e. The van der Waals surface area contributed by atoms with Crippen molar-refractivity contribution in [1.29, 1.82) is 0 Å². The average molecular weight is 385 g/mol. The molecule has 0 heterocycles. The Hall–Kier alpha value is -2.32. The van der Waals surface area contributed by atoms with Crippen LogP contribution in [0.15, 0.2) is 35.2 Å². The number of amides is 1. The van der Waals surface area contributed by atoms with Gasteiger partial charge < -0.3 is 10.1 Å². The van der Waals surface area contributed by atoms with E-state index in [1.54, 1.807) is 6.26 Å². The molecule has 2 rings (SSSR count). The van der Waals surface area contributed by atoms with E-state index in [2.05, 4.69) is 5.32 Å². The van der Waals surface area contributed by atoms with Crippen LogP contribution in [0.4, 0.5) is 10.1 Å². The molecule has 0 spiro atoms. The number of benzene rings is 2. The Bertz CT molecular complexity index is 832. The van der Waals surface area contributed by atoms with Crippen molar-refractivity contribution in [2.24, 2.45) is 0 Å². The Morgan fingerprint density at radius 2 is 2.12 bits per heavy atom. The zero-order valence-electron chi connectivity index (χ0n) is 13.3. The first-order valence-electron chi connectivity index (χ1n) is 7.00. The van der Waals surface area contributed by atoms with Gasteiger partial charge in [-0.25, -0.2) is 4.39 Å². The minimum absolute atomic E-state index is 0.0522. The van der Waals surface area contributed by atoms with Crippen LogP contribution in [0.5, 0.6) is 5.75 Å². The quantitative estimate of drug-likeness (QED) is 0.461. The normalized spacial score (nSPS) is 10.4. The third-order valence-electron chi connectivity index (χ3n) is 3.38. The van der Waals surface area contributed by atoms with Crippen molar-refractivity contribution in [2.45, 2.75) is 11.4 Å². The second-order valence-corrected chi connectivity index (χ2v) is 6.17. The molecule has 0 aliphatic heterocycles. The molecule has 0 unspecified atom stereocenters. The van der Waals surface area contributed by atoms with Crippen molar-refractivity contribution < 1.29 is 18.8 Å². The smallest absolute Gasteiger partial charge is 0.285 e. The molecule has 2 aromatic rings. The molecule has 0 aliphatic rings. The molecule has 0 aliphatic carbocycles. The summed E-state index contributed by atoms with van der Waals surface area (Å²) < 4.78 is 18.3. The molecular weight excluding hydrogens is 371 g/mol. The molecule has 0 atom stereocenters. The monoisotopic (exact) mass is 384 g/mol. The molecule has 0 aromatic heterocycles. The van der Waals surface area contributed by atoms with Crippen LogP contribution in [-0.2, 0) is 6.54 Å². The van der Waals surface area contributed by atoms with Crippen molar-refractivity contribution in [3.63, 3.8) is 0 Å². The zero-order valence-corrected chi connectivity index (χ0v) is 14.9. The van der Waals surface area contributed by atoms with Crippen LogP contribution in [0, 0.1) is 15.9 Å². The van der Waals surface area contributed by atoms with Crippen LogP contribution in [0.3, 0.4) is 0 Å². The Labute approximate surface area is 152 Å². The third kappa shape index (κ3) is 4.40. The molecular formula is C16H14ClFN2O4S. The van der Waals surface area contributed by atoms with Gasteiger partial charge in [0.25, 0.3) is 11.6 Å². The second-order valence-electron chi connectivity index (χ2n) is 4.91. The Balaban J connectivity index is 2.28. The van der Waals surface area contributed by atoms with Crippen molar-refractivity contribution >= 4 is 35.0 Å². The van der Waals surface area contributed by atoms with E-state index >= 15 is 0 Å². The first-order valence-corrected chi connectivity index (χ1v) is 8.60. The van der Waals surface area contributed by atoms with Gasteiger partial charge in [0.15, 0.2) is 0 Å². The topological polar surface area (TPSA) is 81.5 Å². The third-order valence-corrected chi connectivity index (χ3v) is 4.43. The van der Waals surface area contributed by atoms with Gasteiger partial charge in [-0.2, -0.15) is 0 Å². The highest BCUT2D eigenvalue weighted by molar-refractivity contribution is 7.98. The lowest BCUT2D eigenvalue weighted by atomic mass is 10.1. The van der Waals surface area contributed by atoms with Crippen LogP contribution in [0.25, 0.3) is 0 Å². The number of carbonyl (C=O) groups is 1. The summed E-state index contributed by atoms with van der Waals surface area (Å²) in [4.78, 5) is 23.6. The van der Waals surface area contributed by atoms with Crippen molar-refractivity contribution in [1.82, 2.24) is 5.32 Å². The van der Waals surface area contributed by atoms with E-state index in [1.165, 1.54) is 49.2 Å². The highest BCUT2D eigenvalue weighted by Crippen LogP contribution is 2.34. The van der Waals surface area contributed by atoms with E-state index in [9.17, 15) is 19.3 Å². The minimum atomic E-state index is -0.643. The lowest BCUT2D eigenvalue weighted by Gasteiger charge is -2.10. The molecule has 1 amide bonds. The van der Waals surface area contributed by atoms with E-state index in [1.807, 2.05) is 0 Å². The van der Waals surface area contributed by atoms with E-state index in [0.717, 1.165) is 0 Å². The number of methoxy groups -OCH3 is 1. The predicted octanol–water partition coefficient (Wildman–Crippen LogP) is 4.05. The fourth-order valence-electron chi connectivity index (χ4n) is 2.13. The molecule has 132 valence electrons. The molecule has 0 bridgehead atoms. The number of thioether (sulfide) groups is 1. The number of ether oxygens (including phenoxy) is 1. The molecule has 1 N–H and O–H groups in total. The Kier molecular flexibility index (Phi) is 6.22. The van der Waals surface area contributed by atoms with Gasteiger partial charge in [0.2, 0.25) is 0 Å². The maximum Gasteiger partial charge on any atom is 0.285 e. The first-order chi connectivity index (χ1) is 11.9. The van der Waals surface area contributed by atoms with Crippen LogP contribution < -0.4 is 10.1 Å². The zero-order chi connectivity index (χ0) is 18.6. The molecule has 0 saturated carbocycles. The van der Waals surface area contributed by atoms with Crippen LogP contribution in [-0.4, -0.2) is 24.2 Å². The number of hydrogen-bond donors (Lipinski definition) is 1. The van der Waals surface area contributed by atoms with Crippen molar-refractivity contribution in [3.05, 3.63) is 62.4 Å². The summed E-state index contributed by atoms with van der Waals surface area (Å²) in [6.07, 6.45) is 1.77. The number of nitro benzene ring substituents is 1. The fraction of sp³-hybridized carbons (Fsp3) is 0.188. The molecule has 9 heteroatoms. The Morgan fingerprint density at radius 3 is 2.68 bits per heavy atom. The van der Waals surface area contributed by atoms with Crippen LogP contribution in [0.1, 0.15) is 15.9 Å². The summed E-state index contributed by atoms with van der Waals surface area (Å²) in [6.45, 7) is 0.0522. The molecule has 0 saturated heterocycles. The highest BCUT2D eigenvalue weighted by atomic mass is 35.5. The van der Waals surface area contributed by atoms with Crippen molar-refractivity contribution in [3.8, 4) is 5.75 Å². The van der Waals surface area contributed by atoms with Gasteiger partial charge in [-0.15, -0.1) is 11.8 Å². The summed E-state index contributed by atoms with van der Waals surface area (Å²) >= 11 is 7.00. The number of rotatable bonds is 6. The predicted molar refractivity (Wildman–Crippen MR) is 94.0 cm³/mol. The van der Waals surface area contributed by atoms with E-state index in [-0.39, 0.29) is 22.8 Å². The van der Waals surface area contributed by atoms with Gasteiger partial charge in [0, 0.05) is 6.54 Å². The summed E-state index contributed by atoms with van der Waals surface area (Å²) in [6, 6.07) is 6.67. The highest BCUT2D eigenvalue weighted by Gasteiger charge is 2.23. The Morgan fingerprint density at radius 1 is 1.40 bits per heavy atom. The maximum absolute atomic E-state index is 13.2. The maximum atomic E-state index is 13.2. The van der Waals surface area contributed by atoms with Gasteiger partial charge in [0.1, 0.15) is 17.1 Å². The summed E-state index contributed by atoms with van der Waals surface area (Å²) in [5.41, 5.74) is 0.133. The number of nitrogens with zero attached hydrogens (tertiary/aromatic N) is 1. The lowest BCUT2D eigenvalue weighted by Crippen LogP contribution is -2.24. The first kappa shape index (κ1) is 19.0. The number of nitrogens with one attached hydrogen (secondary N) is 1. The van der Waals surface area contributed by atoms with Gasteiger partial charge in [0.05, 0.1) is 28.0 Å². The molecule has 0 radical (unpaired) electrons. The number of hydrogen-bond acceptors (Lipinski definition) is 5. The van der Waals surface area contributed by atoms with Gasteiger partial charge in [-0.05, 0) is 30.0 Å². The van der Waals surface area contributed by atoms with E-state index in [4.69, 9.17) is 16.3 Å². The summed E-state index contributed by atoms with van der Waals surface area (Å²) in [5.74, 6) is -0.863. The van der Waals surface area contributed by atoms with Crippen LogP contribution in [0.2, 0.25) is 5.02 Å². The molecule has 6 nitrogen and oxygen atoms in total. The van der Waals surface area contributed by atoms with Crippen LogP contribution >= 0.6 is 23.4 Å². The van der Waals surface area contributed by atoms with E-state index in [0.29, 0.717) is 16.2 Å². The number of nitro groups is 1. The SMILES string of the molecule is COc1cc([N+](=O)[O-])c(C(=O)NCc2ccc(F)c(Cl)c2)cc1SC. The summed E-state index contributed by atoms with van der Waals surface area (Å²) in [7, 11) is 1.40. The standard InChI is InChI=1S/C16H14ClFN2O4S/c1-24-14-7-13(20(22)23)10(6-15(14)25-2)16(21)19-8-9-3-4-12(18)11(17)5-9/h3-7H,8H2,1-2H3,(H,19,21). The molecule has 0 fully saturated rings. The van der Waals surface area contributed by atoms with Gasteiger partial charge in [-0.1, -0.05) is 17.7 Å². The molecule has 2 aromatic carbocycles. The van der Waals surface area contributed by atoms with Gasteiger partial charge in [-0.3, -0.25) is 14.9 Å². The van der Waals surface area contributed by atoms with E-state index < -0.39 is 16.6 Å². The average Bonchev–Trinajstić information content (AvgIpc) is 2.61. The minimum Gasteiger partial charge on any atom is -0.495 e. The molecule has 25 heavy (non-hydrogen) atoms. The second kappa shape index (κ2) is 8.17. The lowest BCUT2D eigenvalue weighted by molar-refractivity contribution is -0.385.